The molecule has 7 heteroatoms. The number of methoxy groups -OCH3 is 1. The van der Waals surface area contributed by atoms with Crippen LogP contribution in [0.5, 0.6) is 5.75 Å². The van der Waals surface area contributed by atoms with Crippen molar-refractivity contribution < 1.29 is 19.1 Å². The maximum absolute atomic E-state index is 13.3. The molecule has 28 heavy (non-hydrogen) atoms. The van der Waals surface area contributed by atoms with Gasteiger partial charge in [-0.3, -0.25) is 9.59 Å². The maximum atomic E-state index is 13.3. The van der Waals surface area contributed by atoms with Gasteiger partial charge in [0, 0.05) is 18.7 Å². The quantitative estimate of drug-likeness (QED) is 0.724. The number of benzene rings is 2. The number of aromatic hydroxyl groups is 1. The van der Waals surface area contributed by atoms with Crippen molar-refractivity contribution in [2.45, 2.75) is 13.0 Å². The van der Waals surface area contributed by atoms with E-state index in [2.05, 4.69) is 0 Å². The molecule has 1 aromatic heterocycles. The fraction of sp³-hybridized carbons (Fsp3) is 0.238. The van der Waals surface area contributed by atoms with E-state index in [4.69, 9.17) is 20.8 Å². The van der Waals surface area contributed by atoms with Gasteiger partial charge in [0.15, 0.2) is 5.43 Å². The number of carbonyl (C=O) groups excluding carboxylic acids is 1. The molecule has 1 aliphatic rings. The highest BCUT2D eigenvalue weighted by atomic mass is 35.5. The molecule has 2 aromatic carbocycles. The maximum Gasteiger partial charge on any atom is 0.290 e. The van der Waals surface area contributed by atoms with Crippen molar-refractivity contribution in [1.82, 2.24) is 4.90 Å². The Morgan fingerprint density at radius 2 is 2.04 bits per heavy atom. The van der Waals surface area contributed by atoms with Crippen molar-refractivity contribution in [2.75, 3.05) is 20.3 Å². The number of fused-ring (bicyclic) bond motifs is 2. The minimum Gasteiger partial charge on any atom is -0.508 e. The molecule has 144 valence electrons. The van der Waals surface area contributed by atoms with E-state index in [0.717, 1.165) is 5.56 Å². The van der Waals surface area contributed by atoms with Crippen molar-refractivity contribution in [3.05, 3.63) is 74.1 Å². The van der Waals surface area contributed by atoms with E-state index in [1.54, 1.807) is 44.4 Å². The van der Waals surface area contributed by atoms with Gasteiger partial charge < -0.3 is 19.2 Å². The lowest BCUT2D eigenvalue weighted by Crippen LogP contribution is -2.32. The fourth-order valence-corrected chi connectivity index (χ4v) is 3.77. The molecule has 0 fully saturated rings. The molecule has 2 heterocycles. The molecule has 0 unspecified atom stereocenters. The first-order chi connectivity index (χ1) is 13.4. The van der Waals surface area contributed by atoms with Crippen molar-refractivity contribution >= 4 is 28.5 Å². The third kappa shape index (κ3) is 2.85. The number of hydrogen-bond acceptors (Lipinski definition) is 5. The van der Waals surface area contributed by atoms with E-state index in [0.29, 0.717) is 28.2 Å². The van der Waals surface area contributed by atoms with Crippen LogP contribution in [0, 0.1) is 6.92 Å². The van der Waals surface area contributed by atoms with Crippen LogP contribution in [-0.4, -0.2) is 36.2 Å². The van der Waals surface area contributed by atoms with E-state index in [1.807, 2.05) is 0 Å². The number of phenolic OH excluding ortho intramolecular Hbond substituents is 1. The van der Waals surface area contributed by atoms with E-state index < -0.39 is 6.04 Å². The van der Waals surface area contributed by atoms with Gasteiger partial charge in [-0.15, -0.1) is 0 Å². The molecule has 1 N–H and O–H groups in total. The largest absolute Gasteiger partial charge is 0.508 e. The number of amides is 1. The third-order valence-electron chi connectivity index (χ3n) is 4.97. The van der Waals surface area contributed by atoms with Gasteiger partial charge in [-0.1, -0.05) is 23.7 Å². The van der Waals surface area contributed by atoms with Crippen LogP contribution in [0.4, 0.5) is 0 Å². The van der Waals surface area contributed by atoms with Crippen LogP contribution >= 0.6 is 11.6 Å². The Kier molecular flexibility index (Phi) is 4.61. The zero-order valence-corrected chi connectivity index (χ0v) is 16.1. The molecule has 3 aromatic rings. The lowest BCUT2D eigenvalue weighted by atomic mass is 9.98. The Morgan fingerprint density at radius 3 is 2.75 bits per heavy atom. The number of phenols is 1. The Hall–Kier alpha value is -2.83. The summed E-state index contributed by atoms with van der Waals surface area (Å²) in [6.45, 7) is 2.38. The molecule has 0 saturated heterocycles. The van der Waals surface area contributed by atoms with E-state index in [9.17, 15) is 14.7 Å². The van der Waals surface area contributed by atoms with Gasteiger partial charge in [-0.25, -0.2) is 0 Å². The summed E-state index contributed by atoms with van der Waals surface area (Å²) in [6, 6.07) is 9.06. The summed E-state index contributed by atoms with van der Waals surface area (Å²) in [5, 5.41) is 10.7. The normalized spacial score (nSPS) is 16.0. The summed E-state index contributed by atoms with van der Waals surface area (Å²) in [6.07, 6.45) is 0. The Balaban J connectivity index is 2.00. The second-order valence-corrected chi connectivity index (χ2v) is 7.17. The number of carbonyl (C=O) groups is 1. The van der Waals surface area contributed by atoms with Gasteiger partial charge in [-0.05, 0) is 42.3 Å². The zero-order valence-electron chi connectivity index (χ0n) is 15.4. The van der Waals surface area contributed by atoms with Crippen LogP contribution in [0.25, 0.3) is 11.0 Å². The predicted molar refractivity (Wildman–Crippen MR) is 105 cm³/mol. The SMILES string of the molecule is COCCN1C(=O)c2oc3cc(C)c(Cl)cc3c(=O)c2[C@@H]1c1cccc(O)c1. The van der Waals surface area contributed by atoms with Gasteiger partial charge in [0.2, 0.25) is 5.76 Å². The van der Waals surface area contributed by atoms with Gasteiger partial charge in [0.05, 0.1) is 23.6 Å². The molecular formula is C21H18ClNO5. The first-order valence-electron chi connectivity index (χ1n) is 8.78. The number of aryl methyl sites for hydroxylation is 1. The van der Waals surface area contributed by atoms with Crippen molar-refractivity contribution in [3.8, 4) is 5.75 Å². The van der Waals surface area contributed by atoms with Gasteiger partial charge in [0.25, 0.3) is 5.91 Å². The molecule has 1 atom stereocenters. The average Bonchev–Trinajstić information content (AvgIpc) is 2.94. The average molecular weight is 400 g/mol. The molecular weight excluding hydrogens is 382 g/mol. The molecule has 6 nitrogen and oxygen atoms in total. The summed E-state index contributed by atoms with van der Waals surface area (Å²) in [4.78, 5) is 27.9. The summed E-state index contributed by atoms with van der Waals surface area (Å²) in [5.41, 5.74) is 1.64. The highest BCUT2D eigenvalue weighted by Gasteiger charge is 2.42. The van der Waals surface area contributed by atoms with E-state index in [-0.39, 0.29) is 35.0 Å². The molecule has 0 spiro atoms. The van der Waals surface area contributed by atoms with Crippen molar-refractivity contribution in [3.63, 3.8) is 0 Å². The first-order valence-corrected chi connectivity index (χ1v) is 9.16. The topological polar surface area (TPSA) is 80.0 Å². The van der Waals surface area contributed by atoms with Gasteiger partial charge in [0.1, 0.15) is 11.3 Å². The number of halogens is 1. The standard InChI is InChI=1S/C21H18ClNO5/c1-11-8-16-14(10-15(11)22)19(25)17-18(12-4-3-5-13(24)9-12)23(6-7-27-2)21(26)20(17)28-16/h3-5,8-10,18,24H,6-7H2,1-2H3/t18-/m0/s1. The highest BCUT2D eigenvalue weighted by Crippen LogP contribution is 2.39. The Labute approximate surface area is 165 Å². The molecule has 4 rings (SSSR count). The zero-order chi connectivity index (χ0) is 20.0. The Bertz CT molecular complexity index is 1150. The highest BCUT2D eigenvalue weighted by molar-refractivity contribution is 6.32. The third-order valence-corrected chi connectivity index (χ3v) is 5.38. The van der Waals surface area contributed by atoms with Crippen LogP contribution in [-0.2, 0) is 4.74 Å². The minimum atomic E-state index is -0.675. The van der Waals surface area contributed by atoms with Gasteiger partial charge >= 0.3 is 0 Å². The van der Waals surface area contributed by atoms with Crippen molar-refractivity contribution in [2.24, 2.45) is 0 Å². The fourth-order valence-electron chi connectivity index (χ4n) is 3.60. The summed E-state index contributed by atoms with van der Waals surface area (Å²) < 4.78 is 11.0. The van der Waals surface area contributed by atoms with E-state index in [1.165, 1.54) is 11.0 Å². The molecule has 1 amide bonds. The van der Waals surface area contributed by atoms with Crippen LogP contribution < -0.4 is 5.43 Å². The van der Waals surface area contributed by atoms with E-state index >= 15 is 0 Å². The molecule has 0 saturated carbocycles. The lowest BCUT2D eigenvalue weighted by Gasteiger charge is -2.24. The smallest absolute Gasteiger partial charge is 0.290 e. The van der Waals surface area contributed by atoms with Crippen molar-refractivity contribution in [1.29, 1.82) is 0 Å². The number of ether oxygens (including phenoxy) is 1. The molecule has 0 bridgehead atoms. The molecule has 0 aliphatic carbocycles. The summed E-state index contributed by atoms with van der Waals surface area (Å²) >= 11 is 6.20. The number of rotatable bonds is 4. The van der Waals surface area contributed by atoms with Crippen LogP contribution in [0.2, 0.25) is 5.02 Å². The summed E-state index contributed by atoms with van der Waals surface area (Å²) in [7, 11) is 1.54. The monoisotopic (exact) mass is 399 g/mol. The number of nitrogens with zero attached hydrogens (tertiary/aromatic N) is 1. The van der Waals surface area contributed by atoms with Crippen LogP contribution in [0.1, 0.15) is 33.3 Å². The second-order valence-electron chi connectivity index (χ2n) is 6.76. The molecule has 1 aliphatic heterocycles. The number of hydrogen-bond donors (Lipinski definition) is 1. The second kappa shape index (κ2) is 6.96. The summed E-state index contributed by atoms with van der Waals surface area (Å²) in [5.74, 6) is -0.315. The predicted octanol–water partition coefficient (Wildman–Crippen LogP) is 3.65. The molecule has 0 radical (unpaired) electrons. The lowest BCUT2D eigenvalue weighted by molar-refractivity contribution is 0.0663. The first kappa shape index (κ1) is 18.5. The van der Waals surface area contributed by atoms with Gasteiger partial charge in [-0.2, -0.15) is 0 Å². The van der Waals surface area contributed by atoms with Crippen LogP contribution in [0.15, 0.2) is 45.6 Å². The van der Waals surface area contributed by atoms with Crippen LogP contribution in [0.3, 0.4) is 0 Å². The minimum absolute atomic E-state index is 0.0173. The Morgan fingerprint density at radius 1 is 1.25 bits per heavy atom.